The van der Waals surface area contributed by atoms with E-state index < -0.39 is 0 Å². The van der Waals surface area contributed by atoms with Crippen molar-refractivity contribution in [3.63, 3.8) is 0 Å². The van der Waals surface area contributed by atoms with Gasteiger partial charge >= 0.3 is 0 Å². The van der Waals surface area contributed by atoms with Crippen molar-refractivity contribution in [3.8, 4) is 11.1 Å². The lowest BCUT2D eigenvalue weighted by atomic mass is 9.92. The van der Waals surface area contributed by atoms with Gasteiger partial charge in [-0.15, -0.1) is 11.3 Å². The lowest BCUT2D eigenvalue weighted by Gasteiger charge is -2.33. The van der Waals surface area contributed by atoms with Gasteiger partial charge in [-0.3, -0.25) is 14.6 Å². The average molecular weight is 455 g/mol. The Bertz CT molecular complexity index is 1180. The van der Waals surface area contributed by atoms with Gasteiger partial charge in [-0.1, -0.05) is 37.5 Å². The van der Waals surface area contributed by atoms with Gasteiger partial charge in [-0.25, -0.2) is 9.37 Å². The summed E-state index contributed by atoms with van der Waals surface area (Å²) in [7, 11) is 0. The molecular formula is C24H27FN4O2S. The maximum absolute atomic E-state index is 14.4. The van der Waals surface area contributed by atoms with Crippen LogP contribution in [0.3, 0.4) is 0 Å². The fraction of sp³-hybridized carbons (Fsp3) is 0.458. The van der Waals surface area contributed by atoms with Crippen molar-refractivity contribution in [2.45, 2.75) is 51.0 Å². The minimum absolute atomic E-state index is 0.00115. The number of rotatable bonds is 4. The Morgan fingerprint density at radius 2 is 1.84 bits per heavy atom. The number of halogens is 1. The average Bonchev–Trinajstić information content (AvgIpc) is 3.24. The first-order valence-electron chi connectivity index (χ1n) is 11.4. The van der Waals surface area contributed by atoms with E-state index >= 15 is 0 Å². The molecule has 0 spiro atoms. The van der Waals surface area contributed by atoms with E-state index in [4.69, 9.17) is 4.98 Å². The van der Waals surface area contributed by atoms with Crippen LogP contribution in [0.5, 0.6) is 0 Å². The number of amides is 1. The van der Waals surface area contributed by atoms with Crippen LogP contribution in [0.2, 0.25) is 0 Å². The number of aromatic nitrogens is 2. The Morgan fingerprint density at radius 1 is 1.09 bits per heavy atom. The van der Waals surface area contributed by atoms with Crippen molar-refractivity contribution in [1.29, 1.82) is 0 Å². The maximum Gasteiger partial charge on any atom is 0.270 e. The van der Waals surface area contributed by atoms with Gasteiger partial charge in [0, 0.05) is 41.6 Å². The normalized spacial score (nSPS) is 18.2. The Labute approximate surface area is 189 Å². The zero-order valence-electron chi connectivity index (χ0n) is 17.9. The fourth-order valence-electron chi connectivity index (χ4n) is 4.86. The number of nitrogens with one attached hydrogen (secondary N) is 2. The van der Waals surface area contributed by atoms with Gasteiger partial charge in [-0.05, 0) is 31.7 Å². The van der Waals surface area contributed by atoms with E-state index in [1.54, 1.807) is 23.6 Å². The number of benzene rings is 1. The van der Waals surface area contributed by atoms with Gasteiger partial charge in [0.15, 0.2) is 0 Å². The minimum atomic E-state index is -0.333. The number of aromatic amines is 1. The lowest BCUT2D eigenvalue weighted by Crippen LogP contribution is -2.45. The SMILES string of the molecule is O=C(NC1CCCCC1)C1CCN(c2nc3c(-c4ccccc4F)csc3c(=O)[nH]2)CC1. The molecule has 1 saturated carbocycles. The van der Waals surface area contributed by atoms with Gasteiger partial charge in [-0.2, -0.15) is 0 Å². The largest absolute Gasteiger partial charge is 0.353 e. The second-order valence-corrected chi connectivity index (χ2v) is 9.68. The molecule has 1 aromatic carbocycles. The van der Waals surface area contributed by atoms with E-state index in [9.17, 15) is 14.0 Å². The van der Waals surface area contributed by atoms with Gasteiger partial charge in [0.1, 0.15) is 10.5 Å². The number of piperidine rings is 1. The van der Waals surface area contributed by atoms with Crippen molar-refractivity contribution in [1.82, 2.24) is 15.3 Å². The van der Waals surface area contributed by atoms with Gasteiger partial charge < -0.3 is 10.2 Å². The third kappa shape index (κ3) is 4.16. The van der Waals surface area contributed by atoms with Crippen LogP contribution in [0.25, 0.3) is 21.3 Å². The van der Waals surface area contributed by atoms with Crippen LogP contribution in [0.1, 0.15) is 44.9 Å². The van der Waals surface area contributed by atoms with Gasteiger partial charge in [0.25, 0.3) is 5.56 Å². The summed E-state index contributed by atoms with van der Waals surface area (Å²) in [4.78, 5) is 35.0. The highest BCUT2D eigenvalue weighted by Crippen LogP contribution is 2.33. The van der Waals surface area contributed by atoms with Crippen molar-refractivity contribution in [2.24, 2.45) is 5.92 Å². The van der Waals surface area contributed by atoms with Gasteiger partial charge in [0.2, 0.25) is 11.9 Å². The second-order valence-electron chi connectivity index (χ2n) is 8.80. The molecule has 2 N–H and O–H groups in total. The molecule has 1 saturated heterocycles. The van der Waals surface area contributed by atoms with Crippen LogP contribution in [0.4, 0.5) is 10.3 Å². The summed E-state index contributed by atoms with van der Waals surface area (Å²) in [5, 5.41) is 5.03. The maximum atomic E-state index is 14.4. The first kappa shape index (κ1) is 21.1. The van der Waals surface area contributed by atoms with Crippen LogP contribution < -0.4 is 15.8 Å². The molecule has 6 nitrogen and oxygen atoms in total. The lowest BCUT2D eigenvalue weighted by molar-refractivity contribution is -0.126. The molecule has 8 heteroatoms. The molecule has 3 heterocycles. The van der Waals surface area contributed by atoms with Crippen LogP contribution in [0.15, 0.2) is 34.4 Å². The number of thiophene rings is 1. The number of nitrogens with zero attached hydrogens (tertiary/aromatic N) is 2. The number of anilines is 1. The molecular weight excluding hydrogens is 427 g/mol. The zero-order chi connectivity index (χ0) is 22.1. The van der Waals surface area contributed by atoms with E-state index in [2.05, 4.69) is 10.3 Å². The van der Waals surface area contributed by atoms with Crippen LogP contribution in [0, 0.1) is 11.7 Å². The van der Waals surface area contributed by atoms with Crippen molar-refractivity contribution in [3.05, 3.63) is 45.8 Å². The molecule has 0 atom stereocenters. The summed E-state index contributed by atoms with van der Waals surface area (Å²) in [6.07, 6.45) is 7.28. The predicted molar refractivity (Wildman–Crippen MR) is 126 cm³/mol. The number of carbonyl (C=O) groups is 1. The molecule has 32 heavy (non-hydrogen) atoms. The molecule has 1 aliphatic carbocycles. The molecule has 2 aliphatic rings. The number of H-pyrrole nitrogens is 1. The number of hydrogen-bond donors (Lipinski definition) is 2. The molecule has 0 unspecified atom stereocenters. The van der Waals surface area contributed by atoms with E-state index in [-0.39, 0.29) is 23.2 Å². The van der Waals surface area contributed by atoms with Crippen LogP contribution in [-0.4, -0.2) is 35.0 Å². The van der Waals surface area contributed by atoms with Crippen LogP contribution >= 0.6 is 11.3 Å². The van der Waals surface area contributed by atoms with E-state index in [0.717, 1.165) is 25.7 Å². The molecule has 5 rings (SSSR count). The van der Waals surface area contributed by atoms with Gasteiger partial charge in [0.05, 0.1) is 5.52 Å². The van der Waals surface area contributed by atoms with E-state index in [1.165, 1.54) is 36.7 Å². The number of fused-ring (bicyclic) bond motifs is 1. The van der Waals surface area contributed by atoms with Crippen LogP contribution in [-0.2, 0) is 4.79 Å². The summed E-state index contributed by atoms with van der Waals surface area (Å²) >= 11 is 1.28. The Morgan fingerprint density at radius 3 is 2.59 bits per heavy atom. The molecule has 168 valence electrons. The van der Waals surface area contributed by atoms with E-state index in [1.807, 2.05) is 4.90 Å². The molecule has 2 aromatic heterocycles. The summed E-state index contributed by atoms with van der Waals surface area (Å²) in [5.74, 6) is 0.317. The number of hydrogen-bond acceptors (Lipinski definition) is 5. The van der Waals surface area contributed by atoms with Crippen molar-refractivity contribution in [2.75, 3.05) is 18.0 Å². The topological polar surface area (TPSA) is 78.1 Å². The fourth-order valence-corrected chi connectivity index (χ4v) is 5.76. The Balaban J connectivity index is 1.32. The summed E-state index contributed by atoms with van der Waals surface area (Å²) < 4.78 is 14.9. The Kier molecular flexibility index (Phi) is 5.95. The molecule has 2 fully saturated rings. The smallest absolute Gasteiger partial charge is 0.270 e. The standard InChI is InChI=1S/C24H27FN4O2S/c25-19-9-5-4-8-17(19)18-14-32-21-20(18)27-24(28-23(21)31)29-12-10-15(11-13-29)22(30)26-16-6-2-1-3-7-16/h4-5,8-9,14-16H,1-3,6-7,10-13H2,(H,26,30)(H,27,28,31). The summed E-state index contributed by atoms with van der Waals surface area (Å²) in [6.45, 7) is 1.30. The Hall–Kier alpha value is -2.74. The highest BCUT2D eigenvalue weighted by atomic mass is 32.1. The first-order chi connectivity index (χ1) is 15.6. The highest BCUT2D eigenvalue weighted by molar-refractivity contribution is 7.17. The van der Waals surface area contributed by atoms with Crippen molar-refractivity contribution >= 4 is 33.4 Å². The number of carbonyl (C=O) groups excluding carboxylic acids is 1. The molecule has 3 aromatic rings. The monoisotopic (exact) mass is 454 g/mol. The van der Waals surface area contributed by atoms with E-state index in [0.29, 0.717) is 46.4 Å². The molecule has 0 radical (unpaired) electrons. The third-order valence-corrected chi connectivity index (χ3v) is 7.66. The third-order valence-electron chi connectivity index (χ3n) is 6.69. The summed E-state index contributed by atoms with van der Waals surface area (Å²) in [6, 6.07) is 6.86. The quantitative estimate of drug-likeness (QED) is 0.610. The molecule has 0 bridgehead atoms. The molecule has 1 amide bonds. The first-order valence-corrected chi connectivity index (χ1v) is 12.3. The zero-order valence-corrected chi connectivity index (χ0v) is 18.7. The predicted octanol–water partition coefficient (Wildman–Crippen LogP) is 4.46. The molecule has 1 aliphatic heterocycles. The summed E-state index contributed by atoms with van der Waals surface area (Å²) in [5.41, 5.74) is 1.39. The minimum Gasteiger partial charge on any atom is -0.353 e. The second kappa shape index (κ2) is 9.02. The van der Waals surface area contributed by atoms with Crippen molar-refractivity contribution < 1.29 is 9.18 Å². The highest BCUT2D eigenvalue weighted by Gasteiger charge is 2.28.